The van der Waals surface area contributed by atoms with Gasteiger partial charge in [-0.05, 0) is 36.4 Å². The first-order valence-corrected chi connectivity index (χ1v) is 8.29. The molecule has 1 amide bonds. The van der Waals surface area contributed by atoms with Gasteiger partial charge in [-0.2, -0.15) is 0 Å². The Bertz CT molecular complexity index is 990. The second-order valence-electron chi connectivity index (χ2n) is 5.81. The molecule has 0 saturated heterocycles. The van der Waals surface area contributed by atoms with Crippen LogP contribution in [0, 0.1) is 0 Å². The van der Waals surface area contributed by atoms with E-state index < -0.39 is 0 Å². The highest BCUT2D eigenvalue weighted by atomic mass is 16.7. The Morgan fingerprint density at radius 1 is 1.04 bits per heavy atom. The third kappa shape index (κ3) is 3.77. The molecule has 3 aromatic rings. The molecule has 27 heavy (non-hydrogen) atoms. The van der Waals surface area contributed by atoms with Gasteiger partial charge >= 0.3 is 0 Å². The largest absolute Gasteiger partial charge is 0.497 e. The normalized spacial score (nSPS) is 11.7. The molecular weight excluding hydrogens is 346 g/mol. The van der Waals surface area contributed by atoms with Crippen LogP contribution in [-0.4, -0.2) is 24.8 Å². The molecule has 1 aliphatic heterocycles. The third-order valence-electron chi connectivity index (χ3n) is 3.99. The molecular formula is C20H17N3O4. The minimum Gasteiger partial charge on any atom is -0.497 e. The molecule has 0 atom stereocenters. The van der Waals surface area contributed by atoms with Crippen molar-refractivity contribution in [1.29, 1.82) is 0 Å². The minimum absolute atomic E-state index is 0.219. The molecule has 0 aliphatic carbocycles. The summed E-state index contributed by atoms with van der Waals surface area (Å²) in [6.45, 7) is 0.219. The highest BCUT2D eigenvalue weighted by Gasteiger charge is 2.14. The Labute approximate surface area is 155 Å². The van der Waals surface area contributed by atoms with Gasteiger partial charge in [0, 0.05) is 35.3 Å². The van der Waals surface area contributed by atoms with E-state index in [4.69, 9.17) is 14.2 Å². The first-order chi connectivity index (χ1) is 13.2. The summed E-state index contributed by atoms with van der Waals surface area (Å²) in [4.78, 5) is 16.8. The van der Waals surface area contributed by atoms with Crippen molar-refractivity contribution in [2.75, 3.05) is 24.5 Å². The number of carbonyl (C=O) groups excluding carboxylic acids is 1. The van der Waals surface area contributed by atoms with Crippen LogP contribution in [0.3, 0.4) is 0 Å². The van der Waals surface area contributed by atoms with Crippen LogP contribution in [0.4, 0.5) is 17.2 Å². The summed E-state index contributed by atoms with van der Waals surface area (Å²) in [7, 11) is 1.58. The van der Waals surface area contributed by atoms with E-state index in [1.807, 2.05) is 30.3 Å². The average molecular weight is 363 g/mol. The lowest BCUT2D eigenvalue weighted by Gasteiger charge is -2.09. The van der Waals surface area contributed by atoms with Crippen molar-refractivity contribution in [2.45, 2.75) is 0 Å². The zero-order valence-corrected chi connectivity index (χ0v) is 14.6. The van der Waals surface area contributed by atoms with Gasteiger partial charge in [0.25, 0.3) is 5.91 Å². The molecule has 4 rings (SSSR count). The third-order valence-corrected chi connectivity index (χ3v) is 3.99. The Balaban J connectivity index is 1.49. The molecule has 7 heteroatoms. The van der Waals surface area contributed by atoms with E-state index in [0.29, 0.717) is 34.3 Å². The Morgan fingerprint density at radius 2 is 1.93 bits per heavy atom. The van der Waals surface area contributed by atoms with Gasteiger partial charge in [-0.25, -0.2) is 4.98 Å². The minimum atomic E-state index is -0.237. The smallest absolute Gasteiger partial charge is 0.255 e. The van der Waals surface area contributed by atoms with Crippen LogP contribution in [0.2, 0.25) is 0 Å². The first-order valence-electron chi connectivity index (χ1n) is 8.29. The van der Waals surface area contributed by atoms with Crippen LogP contribution in [-0.2, 0) is 0 Å². The highest BCUT2D eigenvalue weighted by molar-refractivity contribution is 6.04. The van der Waals surface area contributed by atoms with Gasteiger partial charge in [-0.1, -0.05) is 6.07 Å². The maximum atomic E-state index is 12.5. The number of ether oxygens (including phenoxy) is 3. The molecule has 2 aromatic carbocycles. The summed E-state index contributed by atoms with van der Waals surface area (Å²) in [5, 5.41) is 6.01. The number of carbonyl (C=O) groups is 1. The van der Waals surface area contributed by atoms with Gasteiger partial charge in [0.15, 0.2) is 11.5 Å². The van der Waals surface area contributed by atoms with E-state index >= 15 is 0 Å². The Morgan fingerprint density at radius 3 is 2.81 bits per heavy atom. The number of nitrogens with one attached hydrogen (secondary N) is 2. The van der Waals surface area contributed by atoms with Crippen molar-refractivity contribution in [2.24, 2.45) is 0 Å². The zero-order valence-electron chi connectivity index (χ0n) is 14.6. The van der Waals surface area contributed by atoms with E-state index in [2.05, 4.69) is 15.6 Å². The number of hydrogen-bond donors (Lipinski definition) is 2. The number of pyridine rings is 1. The molecule has 0 saturated carbocycles. The lowest BCUT2D eigenvalue weighted by Crippen LogP contribution is -2.12. The molecule has 7 nitrogen and oxygen atoms in total. The Kier molecular flexibility index (Phi) is 4.49. The second-order valence-corrected chi connectivity index (χ2v) is 5.81. The standard InChI is InChI=1S/C20H17N3O4/c1-25-16-4-2-3-14(10-16)23-20(24)13-7-8-21-19(9-13)22-15-5-6-17-18(11-15)27-12-26-17/h2-11H,12H2,1H3,(H,21,22)(H,23,24). The number of amides is 1. The molecule has 2 heterocycles. The molecule has 0 fully saturated rings. The number of anilines is 3. The van der Waals surface area contributed by atoms with Crippen LogP contribution < -0.4 is 24.8 Å². The van der Waals surface area contributed by atoms with Gasteiger partial charge in [-0.15, -0.1) is 0 Å². The van der Waals surface area contributed by atoms with E-state index in [1.54, 1.807) is 37.6 Å². The average Bonchev–Trinajstić information content (AvgIpc) is 3.16. The van der Waals surface area contributed by atoms with Gasteiger partial charge in [0.1, 0.15) is 11.6 Å². The van der Waals surface area contributed by atoms with Crippen molar-refractivity contribution in [3.63, 3.8) is 0 Å². The topological polar surface area (TPSA) is 81.7 Å². The number of methoxy groups -OCH3 is 1. The summed E-state index contributed by atoms with van der Waals surface area (Å²) >= 11 is 0. The molecule has 2 N–H and O–H groups in total. The summed E-state index contributed by atoms with van der Waals surface area (Å²) in [6.07, 6.45) is 1.58. The quantitative estimate of drug-likeness (QED) is 0.717. The maximum Gasteiger partial charge on any atom is 0.255 e. The summed E-state index contributed by atoms with van der Waals surface area (Å²) in [5.74, 6) is 2.37. The van der Waals surface area contributed by atoms with Gasteiger partial charge in [0.05, 0.1) is 7.11 Å². The lowest BCUT2D eigenvalue weighted by atomic mass is 10.2. The van der Waals surface area contributed by atoms with Crippen LogP contribution >= 0.6 is 0 Å². The molecule has 1 aliphatic rings. The first kappa shape index (κ1) is 16.7. The predicted octanol–water partition coefficient (Wildman–Crippen LogP) is 3.81. The highest BCUT2D eigenvalue weighted by Crippen LogP contribution is 2.34. The molecule has 0 spiro atoms. The number of nitrogens with zero attached hydrogens (tertiary/aromatic N) is 1. The van der Waals surface area contributed by atoms with E-state index in [9.17, 15) is 4.79 Å². The van der Waals surface area contributed by atoms with Gasteiger partial charge in [0.2, 0.25) is 6.79 Å². The number of fused-ring (bicyclic) bond motifs is 1. The predicted molar refractivity (Wildman–Crippen MR) is 101 cm³/mol. The van der Waals surface area contributed by atoms with E-state index in [-0.39, 0.29) is 12.7 Å². The van der Waals surface area contributed by atoms with Crippen molar-refractivity contribution in [3.8, 4) is 17.2 Å². The van der Waals surface area contributed by atoms with Crippen molar-refractivity contribution < 1.29 is 19.0 Å². The van der Waals surface area contributed by atoms with Crippen molar-refractivity contribution >= 4 is 23.1 Å². The van der Waals surface area contributed by atoms with Crippen LogP contribution in [0.25, 0.3) is 0 Å². The van der Waals surface area contributed by atoms with Gasteiger partial charge in [-0.3, -0.25) is 4.79 Å². The van der Waals surface area contributed by atoms with E-state index in [1.165, 1.54) is 0 Å². The van der Waals surface area contributed by atoms with Crippen molar-refractivity contribution in [3.05, 3.63) is 66.4 Å². The SMILES string of the molecule is COc1cccc(NC(=O)c2ccnc(Nc3ccc4c(c3)OCO4)c2)c1. The maximum absolute atomic E-state index is 12.5. The van der Waals surface area contributed by atoms with Crippen LogP contribution in [0.5, 0.6) is 17.2 Å². The number of aromatic nitrogens is 1. The summed E-state index contributed by atoms with van der Waals surface area (Å²) in [5.41, 5.74) is 1.93. The number of hydrogen-bond acceptors (Lipinski definition) is 6. The fourth-order valence-electron chi connectivity index (χ4n) is 2.67. The van der Waals surface area contributed by atoms with Crippen LogP contribution in [0.1, 0.15) is 10.4 Å². The molecule has 136 valence electrons. The monoisotopic (exact) mass is 363 g/mol. The van der Waals surface area contributed by atoms with Gasteiger partial charge < -0.3 is 24.8 Å². The Hall–Kier alpha value is -3.74. The van der Waals surface area contributed by atoms with Crippen LogP contribution in [0.15, 0.2) is 60.8 Å². The molecule has 0 bridgehead atoms. The number of benzene rings is 2. The fourth-order valence-corrected chi connectivity index (χ4v) is 2.67. The summed E-state index contributed by atoms with van der Waals surface area (Å²) < 4.78 is 15.8. The molecule has 1 aromatic heterocycles. The lowest BCUT2D eigenvalue weighted by molar-refractivity contribution is 0.102. The zero-order chi connectivity index (χ0) is 18.6. The fraction of sp³-hybridized carbons (Fsp3) is 0.100. The molecule has 0 unspecified atom stereocenters. The second kappa shape index (κ2) is 7.25. The summed E-state index contributed by atoms with van der Waals surface area (Å²) in [6, 6.07) is 16.0. The molecule has 0 radical (unpaired) electrons. The van der Waals surface area contributed by atoms with E-state index in [0.717, 1.165) is 5.69 Å². The van der Waals surface area contributed by atoms with Crippen molar-refractivity contribution in [1.82, 2.24) is 4.98 Å². The number of rotatable bonds is 5.